The van der Waals surface area contributed by atoms with Gasteiger partial charge in [-0.15, -0.1) is 0 Å². The number of hydrogen-bond acceptors (Lipinski definition) is 9. The number of rotatable bonds is 6. The second-order valence-electron chi connectivity index (χ2n) is 8.72. The van der Waals surface area contributed by atoms with E-state index < -0.39 is 10.8 Å². The van der Waals surface area contributed by atoms with Crippen LogP contribution in [0, 0.1) is 0 Å². The summed E-state index contributed by atoms with van der Waals surface area (Å²) in [5, 5.41) is 3.55. The number of carbonyl (C=O) groups is 1. The van der Waals surface area contributed by atoms with E-state index in [9.17, 15) is 9.00 Å². The standard InChI is InChI=1S/C24H31N5O4S/c1-2-33-23(30)17-3-5-19(6-4-17)28-10-12-29(13-11-28)24-26-20-9-16-34(31)21(20)22(27-24)25-18-7-14-32-15-8-18/h3-6,18H,2,7-16H2,1H3,(H,25,26,27). The van der Waals surface area contributed by atoms with Gasteiger partial charge in [-0.3, -0.25) is 4.21 Å². The highest BCUT2D eigenvalue weighted by molar-refractivity contribution is 7.85. The minimum atomic E-state index is -1.04. The normalized spacial score (nSPS) is 20.8. The minimum absolute atomic E-state index is 0.285. The van der Waals surface area contributed by atoms with Crippen molar-refractivity contribution in [2.75, 3.05) is 66.9 Å². The highest BCUT2D eigenvalue weighted by atomic mass is 32.2. The summed E-state index contributed by atoms with van der Waals surface area (Å²) in [6.45, 7) is 6.89. The Balaban J connectivity index is 1.28. The van der Waals surface area contributed by atoms with Crippen LogP contribution in [0.25, 0.3) is 0 Å². The van der Waals surface area contributed by atoms with Crippen molar-refractivity contribution < 1.29 is 18.5 Å². The van der Waals surface area contributed by atoms with Crippen molar-refractivity contribution in [3.63, 3.8) is 0 Å². The molecule has 10 heteroatoms. The number of fused-ring (bicyclic) bond motifs is 1. The van der Waals surface area contributed by atoms with Gasteiger partial charge in [0.15, 0.2) is 0 Å². The Labute approximate surface area is 202 Å². The van der Waals surface area contributed by atoms with Crippen molar-refractivity contribution in [2.45, 2.75) is 37.1 Å². The quantitative estimate of drug-likeness (QED) is 0.618. The lowest BCUT2D eigenvalue weighted by atomic mass is 10.1. The smallest absolute Gasteiger partial charge is 0.338 e. The molecule has 182 valence electrons. The predicted octanol–water partition coefficient (Wildman–Crippen LogP) is 2.23. The van der Waals surface area contributed by atoms with Gasteiger partial charge in [-0.05, 0) is 44.0 Å². The second-order valence-corrected chi connectivity index (χ2v) is 10.2. The Morgan fingerprint density at radius 2 is 1.82 bits per heavy atom. The van der Waals surface area contributed by atoms with Crippen LogP contribution in [0.5, 0.6) is 0 Å². The second kappa shape index (κ2) is 10.3. The van der Waals surface area contributed by atoms with E-state index in [0.717, 1.165) is 80.7 Å². The zero-order valence-corrected chi connectivity index (χ0v) is 20.3. The van der Waals surface area contributed by atoms with Gasteiger partial charge >= 0.3 is 5.97 Å². The van der Waals surface area contributed by atoms with Gasteiger partial charge in [0, 0.05) is 63.3 Å². The van der Waals surface area contributed by atoms with Gasteiger partial charge in [0.1, 0.15) is 10.7 Å². The number of ether oxygens (including phenoxy) is 2. The van der Waals surface area contributed by atoms with E-state index in [4.69, 9.17) is 19.4 Å². The van der Waals surface area contributed by atoms with E-state index in [1.807, 2.05) is 24.3 Å². The number of hydrogen-bond donors (Lipinski definition) is 1. The number of anilines is 3. The number of esters is 1. The Hall–Kier alpha value is -2.72. The molecule has 1 aromatic heterocycles. The summed E-state index contributed by atoms with van der Waals surface area (Å²) >= 11 is 0. The topological polar surface area (TPSA) is 96.9 Å². The molecule has 2 aromatic rings. The van der Waals surface area contributed by atoms with E-state index >= 15 is 0 Å². The molecule has 2 fully saturated rings. The fraction of sp³-hybridized carbons (Fsp3) is 0.542. The molecular formula is C24H31N5O4S. The molecule has 0 saturated carbocycles. The number of benzene rings is 1. The lowest BCUT2D eigenvalue weighted by molar-refractivity contribution is 0.0526. The summed E-state index contributed by atoms with van der Waals surface area (Å²) in [5.74, 6) is 1.77. The first-order valence-corrected chi connectivity index (χ1v) is 13.3. The van der Waals surface area contributed by atoms with Crippen LogP contribution >= 0.6 is 0 Å². The van der Waals surface area contributed by atoms with E-state index in [2.05, 4.69) is 15.1 Å². The third kappa shape index (κ3) is 4.88. The first-order chi connectivity index (χ1) is 16.6. The van der Waals surface area contributed by atoms with Crippen molar-refractivity contribution in [1.82, 2.24) is 9.97 Å². The summed E-state index contributed by atoms with van der Waals surface area (Å²) in [7, 11) is -1.04. The summed E-state index contributed by atoms with van der Waals surface area (Å²) in [6.07, 6.45) is 2.58. The van der Waals surface area contributed by atoms with Crippen molar-refractivity contribution >= 4 is 34.2 Å². The van der Waals surface area contributed by atoms with E-state index in [1.165, 1.54) is 0 Å². The Morgan fingerprint density at radius 1 is 1.12 bits per heavy atom. The molecule has 34 heavy (non-hydrogen) atoms. The van der Waals surface area contributed by atoms with Crippen LogP contribution in [0.3, 0.4) is 0 Å². The van der Waals surface area contributed by atoms with Crippen LogP contribution in [0.1, 0.15) is 35.8 Å². The zero-order chi connectivity index (χ0) is 23.5. The van der Waals surface area contributed by atoms with E-state index in [0.29, 0.717) is 23.9 Å². The molecule has 1 unspecified atom stereocenters. The average molecular weight is 486 g/mol. The number of piperazine rings is 1. The van der Waals surface area contributed by atoms with Crippen LogP contribution in [0.15, 0.2) is 29.2 Å². The molecule has 3 aliphatic rings. The van der Waals surface area contributed by atoms with Crippen molar-refractivity contribution in [2.24, 2.45) is 0 Å². The van der Waals surface area contributed by atoms with Gasteiger partial charge in [-0.2, -0.15) is 4.98 Å². The maximum atomic E-state index is 12.6. The summed E-state index contributed by atoms with van der Waals surface area (Å²) in [6, 6.07) is 7.86. The van der Waals surface area contributed by atoms with Gasteiger partial charge in [-0.1, -0.05) is 0 Å². The largest absolute Gasteiger partial charge is 0.462 e. The van der Waals surface area contributed by atoms with E-state index in [1.54, 1.807) is 6.92 Å². The number of nitrogens with one attached hydrogen (secondary N) is 1. The molecule has 2 saturated heterocycles. The van der Waals surface area contributed by atoms with Gasteiger partial charge in [0.2, 0.25) is 5.95 Å². The molecular weight excluding hydrogens is 454 g/mol. The molecule has 1 atom stereocenters. The average Bonchev–Trinajstić information content (AvgIpc) is 3.26. The monoisotopic (exact) mass is 485 g/mol. The Kier molecular flexibility index (Phi) is 6.96. The van der Waals surface area contributed by atoms with Gasteiger partial charge in [-0.25, -0.2) is 9.78 Å². The van der Waals surface area contributed by atoms with Gasteiger partial charge in [0.25, 0.3) is 0 Å². The molecule has 0 amide bonds. The highest BCUT2D eigenvalue weighted by Gasteiger charge is 2.29. The maximum absolute atomic E-state index is 12.6. The van der Waals surface area contributed by atoms with Crippen molar-refractivity contribution in [1.29, 1.82) is 0 Å². The summed E-state index contributed by atoms with van der Waals surface area (Å²) in [5.41, 5.74) is 2.56. The zero-order valence-electron chi connectivity index (χ0n) is 19.5. The first-order valence-electron chi connectivity index (χ1n) is 12.0. The third-order valence-electron chi connectivity index (χ3n) is 6.54. The van der Waals surface area contributed by atoms with Crippen molar-refractivity contribution in [3.8, 4) is 0 Å². The lowest BCUT2D eigenvalue weighted by Gasteiger charge is -2.36. The van der Waals surface area contributed by atoms with E-state index in [-0.39, 0.29) is 12.0 Å². The highest BCUT2D eigenvalue weighted by Crippen LogP contribution is 2.31. The minimum Gasteiger partial charge on any atom is -0.462 e. The molecule has 0 radical (unpaired) electrons. The van der Waals surface area contributed by atoms with Crippen LogP contribution in [0.2, 0.25) is 0 Å². The molecule has 1 N–H and O–H groups in total. The van der Waals surface area contributed by atoms with Crippen molar-refractivity contribution in [3.05, 3.63) is 35.5 Å². The summed E-state index contributed by atoms with van der Waals surface area (Å²) < 4.78 is 23.2. The number of nitrogens with zero attached hydrogens (tertiary/aromatic N) is 4. The molecule has 0 spiro atoms. The lowest BCUT2D eigenvalue weighted by Crippen LogP contribution is -2.47. The Morgan fingerprint density at radius 3 is 2.53 bits per heavy atom. The molecule has 4 heterocycles. The van der Waals surface area contributed by atoms with Crippen LogP contribution in [0.4, 0.5) is 17.5 Å². The molecule has 3 aliphatic heterocycles. The fourth-order valence-electron chi connectivity index (χ4n) is 4.65. The fourth-order valence-corrected chi connectivity index (χ4v) is 5.96. The molecule has 0 bridgehead atoms. The van der Waals surface area contributed by atoms with Crippen LogP contribution in [-0.4, -0.2) is 77.9 Å². The number of aromatic nitrogens is 2. The number of aryl methyl sites for hydroxylation is 1. The molecule has 9 nitrogen and oxygen atoms in total. The third-order valence-corrected chi connectivity index (χ3v) is 8.00. The van der Waals surface area contributed by atoms with Crippen LogP contribution in [-0.2, 0) is 26.7 Å². The Bertz CT molecular complexity index is 1050. The SMILES string of the molecule is CCOC(=O)c1ccc(N2CCN(c3nc4c(c(NC5CCOCC5)n3)S(=O)CC4)CC2)cc1. The molecule has 5 rings (SSSR count). The number of carbonyl (C=O) groups excluding carboxylic acids is 1. The first kappa shape index (κ1) is 23.0. The molecule has 0 aliphatic carbocycles. The van der Waals surface area contributed by atoms with Crippen LogP contribution < -0.4 is 15.1 Å². The van der Waals surface area contributed by atoms with Gasteiger partial charge < -0.3 is 24.6 Å². The summed E-state index contributed by atoms with van der Waals surface area (Å²) in [4.78, 5) is 26.9. The molecule has 1 aromatic carbocycles. The predicted molar refractivity (Wildman–Crippen MR) is 131 cm³/mol. The van der Waals surface area contributed by atoms with Gasteiger partial charge in [0.05, 0.1) is 28.7 Å². The maximum Gasteiger partial charge on any atom is 0.338 e.